The minimum Gasteiger partial charge on any atom is -0.387 e. The van der Waals surface area contributed by atoms with Gasteiger partial charge in [-0.1, -0.05) is 29.8 Å². The Balaban J connectivity index is 1.24. The molecule has 1 aliphatic heterocycles. The number of hydrogen-bond acceptors (Lipinski definition) is 5. The Morgan fingerprint density at radius 2 is 2.10 bits per heavy atom. The van der Waals surface area contributed by atoms with Crippen molar-refractivity contribution in [2.75, 3.05) is 24.5 Å². The van der Waals surface area contributed by atoms with Crippen molar-refractivity contribution in [1.29, 1.82) is 0 Å². The second-order valence-corrected chi connectivity index (χ2v) is 8.73. The van der Waals surface area contributed by atoms with Gasteiger partial charge in [0, 0.05) is 31.7 Å². The zero-order valence-corrected chi connectivity index (χ0v) is 17.1. The number of aliphatic hydroxyl groups is 1. The second-order valence-electron chi connectivity index (χ2n) is 8.73. The topological polar surface area (TPSA) is 94.1 Å². The molecule has 1 unspecified atom stereocenters. The van der Waals surface area contributed by atoms with Crippen LogP contribution in [0, 0.1) is 18.3 Å². The van der Waals surface area contributed by atoms with Gasteiger partial charge in [0.1, 0.15) is 17.8 Å². The van der Waals surface area contributed by atoms with Gasteiger partial charge in [0.15, 0.2) is 0 Å². The summed E-state index contributed by atoms with van der Waals surface area (Å²) in [4.78, 5) is 27.2. The summed E-state index contributed by atoms with van der Waals surface area (Å²) < 4.78 is 0. The average Bonchev–Trinajstić information content (AvgIpc) is 3.33. The number of carbonyl (C=O) groups is 1. The fraction of sp³-hybridized carbons (Fsp3) is 0.435. The molecule has 3 heterocycles. The molecule has 1 aliphatic carbocycles. The number of nitrogens with one attached hydrogen (secondary N) is 2. The number of aryl methyl sites for hydroxylation is 1. The molecule has 0 radical (unpaired) electrons. The highest BCUT2D eigenvalue weighted by Gasteiger charge is 2.55. The number of amides is 1. The Kier molecular flexibility index (Phi) is 4.70. The van der Waals surface area contributed by atoms with Crippen molar-refractivity contribution in [3.63, 3.8) is 0 Å². The van der Waals surface area contributed by atoms with Crippen LogP contribution in [0.2, 0.25) is 0 Å². The summed E-state index contributed by atoms with van der Waals surface area (Å²) in [6, 6.07) is 9.79. The SMILES string of the molecule is Cc1ccc([C@H](O)CNC(=O)C2CCN(c3ncnc4[nH]ccc34)CC23CC3)cc1. The molecule has 7 nitrogen and oxygen atoms in total. The first-order valence-corrected chi connectivity index (χ1v) is 10.6. The molecule has 3 aromatic rings. The van der Waals surface area contributed by atoms with E-state index in [4.69, 9.17) is 0 Å². The standard InChI is InChI=1S/C23H27N5O2/c1-15-2-4-16(5-3-15)19(29)12-25-22(30)18-7-11-28(13-23(18)8-9-23)21-17-6-10-24-20(17)26-14-27-21/h2-6,10,14,18-19,29H,7-9,11-13H2,1H3,(H,25,30)(H,24,26,27)/t18?,19-/m1/s1. The van der Waals surface area contributed by atoms with E-state index in [1.165, 1.54) is 0 Å². The predicted molar refractivity (Wildman–Crippen MR) is 115 cm³/mol. The smallest absolute Gasteiger partial charge is 0.223 e. The van der Waals surface area contributed by atoms with Gasteiger partial charge in [-0.25, -0.2) is 9.97 Å². The summed E-state index contributed by atoms with van der Waals surface area (Å²) in [7, 11) is 0. The van der Waals surface area contributed by atoms with Crippen LogP contribution in [0.1, 0.15) is 36.5 Å². The highest BCUT2D eigenvalue weighted by molar-refractivity contribution is 5.87. The van der Waals surface area contributed by atoms with Crippen molar-refractivity contribution in [1.82, 2.24) is 20.3 Å². The number of H-pyrrole nitrogens is 1. The maximum absolute atomic E-state index is 13.0. The molecular weight excluding hydrogens is 378 g/mol. The fourth-order valence-corrected chi connectivity index (χ4v) is 4.76. The van der Waals surface area contributed by atoms with Gasteiger partial charge in [0.25, 0.3) is 0 Å². The van der Waals surface area contributed by atoms with Crippen LogP contribution >= 0.6 is 0 Å². The summed E-state index contributed by atoms with van der Waals surface area (Å²) >= 11 is 0. The third kappa shape index (κ3) is 3.43. The molecule has 2 atom stereocenters. The van der Waals surface area contributed by atoms with Crippen molar-refractivity contribution in [3.05, 3.63) is 54.0 Å². The van der Waals surface area contributed by atoms with Gasteiger partial charge < -0.3 is 20.3 Å². The van der Waals surface area contributed by atoms with Crippen LogP contribution in [-0.4, -0.2) is 45.6 Å². The van der Waals surface area contributed by atoms with Crippen molar-refractivity contribution in [2.24, 2.45) is 11.3 Å². The number of aliphatic hydroxyl groups excluding tert-OH is 1. The third-order valence-electron chi connectivity index (χ3n) is 6.71. The molecule has 1 aromatic carbocycles. The van der Waals surface area contributed by atoms with Gasteiger partial charge in [-0.15, -0.1) is 0 Å². The van der Waals surface area contributed by atoms with Crippen LogP contribution in [0.25, 0.3) is 11.0 Å². The van der Waals surface area contributed by atoms with Crippen LogP contribution in [-0.2, 0) is 4.79 Å². The molecule has 1 saturated carbocycles. The Hall–Kier alpha value is -2.93. The lowest BCUT2D eigenvalue weighted by atomic mass is 9.81. The molecule has 1 amide bonds. The lowest BCUT2D eigenvalue weighted by Crippen LogP contribution is -2.48. The average molecular weight is 406 g/mol. The minimum absolute atomic E-state index is 0.0116. The van der Waals surface area contributed by atoms with Crippen molar-refractivity contribution in [3.8, 4) is 0 Å². The van der Waals surface area contributed by atoms with E-state index in [2.05, 4.69) is 25.2 Å². The Labute approximate surface area is 175 Å². The highest BCUT2D eigenvalue weighted by Crippen LogP contribution is 2.56. The molecule has 156 valence electrons. The molecule has 5 rings (SSSR count). The zero-order valence-electron chi connectivity index (χ0n) is 17.1. The van der Waals surface area contributed by atoms with E-state index in [-0.39, 0.29) is 23.8 Å². The number of carbonyl (C=O) groups excluding carboxylic acids is 1. The number of aromatic amines is 1. The molecule has 7 heteroatoms. The van der Waals surface area contributed by atoms with Gasteiger partial charge in [-0.05, 0) is 43.2 Å². The molecule has 1 spiro atoms. The van der Waals surface area contributed by atoms with Gasteiger partial charge in [-0.3, -0.25) is 4.79 Å². The monoisotopic (exact) mass is 405 g/mol. The lowest BCUT2D eigenvalue weighted by Gasteiger charge is -2.39. The Bertz CT molecular complexity index is 1060. The van der Waals surface area contributed by atoms with Crippen LogP contribution in [0.5, 0.6) is 0 Å². The number of aromatic nitrogens is 3. The van der Waals surface area contributed by atoms with Gasteiger partial charge >= 0.3 is 0 Å². The van der Waals surface area contributed by atoms with E-state index < -0.39 is 6.10 Å². The molecule has 1 saturated heterocycles. The van der Waals surface area contributed by atoms with Gasteiger partial charge in [0.2, 0.25) is 5.91 Å². The summed E-state index contributed by atoms with van der Waals surface area (Å²) in [6.45, 7) is 3.89. The van der Waals surface area contributed by atoms with Crippen molar-refractivity contribution >= 4 is 22.8 Å². The Morgan fingerprint density at radius 1 is 1.30 bits per heavy atom. The van der Waals surface area contributed by atoms with Gasteiger partial charge in [0.05, 0.1) is 11.5 Å². The van der Waals surface area contributed by atoms with Crippen LogP contribution < -0.4 is 10.2 Å². The van der Waals surface area contributed by atoms with E-state index >= 15 is 0 Å². The lowest BCUT2D eigenvalue weighted by molar-refractivity contribution is -0.128. The zero-order chi connectivity index (χ0) is 20.7. The van der Waals surface area contributed by atoms with Gasteiger partial charge in [-0.2, -0.15) is 0 Å². The molecule has 2 fully saturated rings. The quantitative estimate of drug-likeness (QED) is 0.607. The maximum Gasteiger partial charge on any atom is 0.223 e. The number of nitrogens with zero attached hydrogens (tertiary/aromatic N) is 3. The predicted octanol–water partition coefficient (Wildman–Crippen LogP) is 2.72. The number of anilines is 1. The molecule has 2 aromatic heterocycles. The van der Waals surface area contributed by atoms with E-state index in [0.29, 0.717) is 0 Å². The third-order valence-corrected chi connectivity index (χ3v) is 6.71. The molecular formula is C23H27N5O2. The van der Waals surface area contributed by atoms with Crippen LogP contribution in [0.15, 0.2) is 42.9 Å². The number of hydrogen-bond donors (Lipinski definition) is 3. The number of fused-ring (bicyclic) bond motifs is 1. The van der Waals surface area contributed by atoms with E-state index in [9.17, 15) is 9.90 Å². The summed E-state index contributed by atoms with van der Waals surface area (Å²) in [6.07, 6.45) is 5.71. The first-order valence-electron chi connectivity index (χ1n) is 10.6. The van der Waals surface area contributed by atoms with E-state index in [1.54, 1.807) is 6.33 Å². The number of piperidine rings is 1. The molecule has 2 aliphatic rings. The number of rotatable bonds is 5. The minimum atomic E-state index is -0.687. The molecule has 30 heavy (non-hydrogen) atoms. The fourth-order valence-electron chi connectivity index (χ4n) is 4.76. The largest absolute Gasteiger partial charge is 0.387 e. The first kappa shape index (κ1) is 19.1. The van der Waals surface area contributed by atoms with E-state index in [1.807, 2.05) is 43.5 Å². The van der Waals surface area contributed by atoms with E-state index in [0.717, 1.165) is 60.3 Å². The normalized spacial score (nSPS) is 21.0. The summed E-state index contributed by atoms with van der Waals surface area (Å²) in [5, 5.41) is 14.5. The highest BCUT2D eigenvalue weighted by atomic mass is 16.3. The maximum atomic E-state index is 13.0. The van der Waals surface area contributed by atoms with Crippen LogP contribution in [0.4, 0.5) is 5.82 Å². The van der Waals surface area contributed by atoms with Crippen LogP contribution in [0.3, 0.4) is 0 Å². The Morgan fingerprint density at radius 3 is 2.87 bits per heavy atom. The van der Waals surface area contributed by atoms with Crippen molar-refractivity contribution in [2.45, 2.75) is 32.3 Å². The summed E-state index contributed by atoms with van der Waals surface area (Å²) in [5.74, 6) is 0.997. The first-order chi connectivity index (χ1) is 14.6. The summed E-state index contributed by atoms with van der Waals surface area (Å²) in [5.41, 5.74) is 2.84. The second kappa shape index (κ2) is 7.40. The molecule has 3 N–H and O–H groups in total. The number of benzene rings is 1. The molecule has 0 bridgehead atoms. The van der Waals surface area contributed by atoms with Crippen molar-refractivity contribution < 1.29 is 9.90 Å².